The first-order valence-electron chi connectivity index (χ1n) is 8.12. The molecule has 1 aromatic carbocycles. The molecule has 0 saturated carbocycles. The summed E-state index contributed by atoms with van der Waals surface area (Å²) < 4.78 is 22.9. The number of nitrogens with zero attached hydrogens (tertiary/aromatic N) is 1. The summed E-state index contributed by atoms with van der Waals surface area (Å²) in [6.45, 7) is 4.05. The third-order valence-electron chi connectivity index (χ3n) is 4.38. The number of hydrogen-bond donors (Lipinski definition) is 2. The van der Waals surface area contributed by atoms with Crippen LogP contribution in [-0.2, 0) is 16.4 Å². The molecule has 0 aliphatic carbocycles. The molecule has 26 heavy (non-hydrogen) atoms. The summed E-state index contributed by atoms with van der Waals surface area (Å²) in [5, 5.41) is 10.0. The zero-order chi connectivity index (χ0) is 18.0. The Morgan fingerprint density at radius 2 is 2.04 bits per heavy atom. The van der Waals surface area contributed by atoms with Gasteiger partial charge in [-0.25, -0.2) is 13.6 Å². The van der Waals surface area contributed by atoms with E-state index in [-0.39, 0.29) is 28.6 Å². The van der Waals surface area contributed by atoms with Gasteiger partial charge in [0.1, 0.15) is 4.21 Å². The minimum absolute atomic E-state index is 0. The molecule has 1 fully saturated rings. The lowest BCUT2D eigenvalue weighted by Gasteiger charge is -2.36. The molecule has 2 aromatic rings. The fourth-order valence-corrected chi connectivity index (χ4v) is 4.54. The van der Waals surface area contributed by atoms with E-state index in [1.54, 1.807) is 10.3 Å². The topological polar surface area (TPSA) is 92.5 Å². The van der Waals surface area contributed by atoms with Gasteiger partial charge in [0.15, 0.2) is 0 Å². The first-order valence-corrected chi connectivity index (χ1v) is 10.5. The second-order valence-electron chi connectivity index (χ2n) is 6.01. The molecule has 3 N–H and O–H groups in total. The van der Waals surface area contributed by atoms with E-state index in [0.29, 0.717) is 25.2 Å². The van der Waals surface area contributed by atoms with Crippen LogP contribution >= 0.6 is 23.7 Å². The molecule has 1 saturated heterocycles. The number of piperazine rings is 1. The van der Waals surface area contributed by atoms with Crippen molar-refractivity contribution < 1.29 is 13.2 Å². The standard InChI is InChI=1S/C17H21N3O3S2.ClH/c1-2-12-3-5-13(6-4-12)15-10-19-7-8-20(15)17(21)14-9-16(24-11-14)25(18,22)23;/h3-6,9,11,15,19H,2,7-8,10H2,1H3,(H2,18,22,23);1H. The molecule has 1 amide bonds. The van der Waals surface area contributed by atoms with Crippen LogP contribution in [0.4, 0.5) is 0 Å². The number of sulfonamides is 1. The van der Waals surface area contributed by atoms with Crippen LogP contribution in [0, 0.1) is 0 Å². The van der Waals surface area contributed by atoms with Gasteiger partial charge in [0.2, 0.25) is 10.0 Å². The Kier molecular flexibility index (Phi) is 6.81. The molecule has 6 nitrogen and oxygen atoms in total. The second-order valence-corrected chi connectivity index (χ2v) is 8.71. The van der Waals surface area contributed by atoms with Crippen LogP contribution < -0.4 is 10.5 Å². The zero-order valence-corrected chi connectivity index (χ0v) is 16.8. The molecular weight excluding hydrogens is 394 g/mol. The SMILES string of the molecule is CCc1ccc(C2CNCCN2C(=O)c2csc(S(N)(=O)=O)c2)cc1.Cl. The third-order valence-corrected chi connectivity index (χ3v) is 6.77. The number of amides is 1. The van der Waals surface area contributed by atoms with E-state index in [4.69, 9.17) is 5.14 Å². The average Bonchev–Trinajstić information content (AvgIpc) is 3.12. The van der Waals surface area contributed by atoms with Gasteiger partial charge in [-0.2, -0.15) is 0 Å². The molecule has 3 rings (SSSR count). The smallest absolute Gasteiger partial charge is 0.255 e. The second kappa shape index (κ2) is 8.49. The van der Waals surface area contributed by atoms with E-state index in [9.17, 15) is 13.2 Å². The number of rotatable bonds is 4. The molecule has 9 heteroatoms. The largest absolute Gasteiger partial charge is 0.329 e. The van der Waals surface area contributed by atoms with E-state index < -0.39 is 10.0 Å². The van der Waals surface area contributed by atoms with Gasteiger partial charge in [0.05, 0.1) is 11.6 Å². The number of carbonyl (C=O) groups is 1. The van der Waals surface area contributed by atoms with Gasteiger partial charge in [-0.1, -0.05) is 31.2 Å². The van der Waals surface area contributed by atoms with Crippen molar-refractivity contribution in [2.75, 3.05) is 19.6 Å². The molecule has 0 radical (unpaired) electrons. The summed E-state index contributed by atoms with van der Waals surface area (Å²) in [6, 6.07) is 9.55. The van der Waals surface area contributed by atoms with Crippen LogP contribution in [0.2, 0.25) is 0 Å². The van der Waals surface area contributed by atoms with Crippen LogP contribution in [0.15, 0.2) is 39.9 Å². The Morgan fingerprint density at radius 1 is 1.35 bits per heavy atom. The number of primary sulfonamides is 1. The minimum atomic E-state index is -3.78. The predicted octanol–water partition coefficient (Wildman–Crippen LogP) is 2.17. The molecule has 1 aliphatic rings. The molecule has 0 spiro atoms. The predicted molar refractivity (Wildman–Crippen MR) is 105 cm³/mol. The van der Waals surface area contributed by atoms with Gasteiger partial charge in [0.25, 0.3) is 5.91 Å². The normalized spacial score (nSPS) is 17.6. The van der Waals surface area contributed by atoms with Crippen molar-refractivity contribution in [2.24, 2.45) is 5.14 Å². The summed E-state index contributed by atoms with van der Waals surface area (Å²) in [5.41, 5.74) is 2.69. The van der Waals surface area contributed by atoms with Gasteiger partial charge in [-0.15, -0.1) is 23.7 Å². The molecular formula is C17H22ClN3O3S2. The van der Waals surface area contributed by atoms with E-state index >= 15 is 0 Å². The molecule has 1 unspecified atom stereocenters. The molecule has 142 valence electrons. The van der Waals surface area contributed by atoms with Crippen molar-refractivity contribution in [3.8, 4) is 0 Å². The van der Waals surface area contributed by atoms with Crippen molar-refractivity contribution >= 4 is 39.7 Å². The summed E-state index contributed by atoms with van der Waals surface area (Å²) in [5.74, 6) is -0.169. The van der Waals surface area contributed by atoms with Crippen LogP contribution in [0.25, 0.3) is 0 Å². The first kappa shape index (κ1) is 20.9. The number of aryl methyl sites for hydroxylation is 1. The van der Waals surface area contributed by atoms with Gasteiger partial charge >= 0.3 is 0 Å². The zero-order valence-electron chi connectivity index (χ0n) is 14.3. The Balaban J connectivity index is 0.00000243. The highest BCUT2D eigenvalue weighted by Crippen LogP contribution is 2.27. The maximum absolute atomic E-state index is 12.9. The summed E-state index contributed by atoms with van der Waals surface area (Å²) in [6.07, 6.45) is 0.969. The Hall–Kier alpha value is -1.45. The summed E-state index contributed by atoms with van der Waals surface area (Å²) in [7, 11) is -3.78. The number of benzene rings is 1. The van der Waals surface area contributed by atoms with Crippen LogP contribution in [-0.4, -0.2) is 38.9 Å². The van der Waals surface area contributed by atoms with E-state index in [1.807, 2.05) is 0 Å². The molecule has 2 heterocycles. The van der Waals surface area contributed by atoms with Gasteiger partial charge in [-0.05, 0) is 23.6 Å². The summed E-state index contributed by atoms with van der Waals surface area (Å²) in [4.78, 5) is 14.7. The van der Waals surface area contributed by atoms with Crippen LogP contribution in [0.1, 0.15) is 34.5 Å². The number of hydrogen-bond acceptors (Lipinski definition) is 5. The Bertz CT molecular complexity index is 866. The number of thiophene rings is 1. The van der Waals surface area contributed by atoms with Crippen molar-refractivity contribution in [2.45, 2.75) is 23.6 Å². The summed E-state index contributed by atoms with van der Waals surface area (Å²) >= 11 is 0.975. The molecule has 1 aromatic heterocycles. The maximum atomic E-state index is 12.9. The number of nitrogens with two attached hydrogens (primary N) is 1. The monoisotopic (exact) mass is 415 g/mol. The maximum Gasteiger partial charge on any atom is 0.255 e. The lowest BCUT2D eigenvalue weighted by Crippen LogP contribution is -2.48. The lowest BCUT2D eigenvalue weighted by atomic mass is 10.0. The molecule has 1 aliphatic heterocycles. The fourth-order valence-electron chi connectivity index (χ4n) is 2.96. The first-order chi connectivity index (χ1) is 11.9. The van der Waals surface area contributed by atoms with E-state index in [0.717, 1.165) is 23.3 Å². The average molecular weight is 416 g/mol. The van der Waals surface area contributed by atoms with E-state index in [2.05, 4.69) is 36.5 Å². The quantitative estimate of drug-likeness (QED) is 0.800. The van der Waals surface area contributed by atoms with Gasteiger partial charge < -0.3 is 10.2 Å². The van der Waals surface area contributed by atoms with Crippen LogP contribution in [0.3, 0.4) is 0 Å². The van der Waals surface area contributed by atoms with Crippen molar-refractivity contribution in [3.63, 3.8) is 0 Å². The third kappa shape index (κ3) is 4.44. The lowest BCUT2D eigenvalue weighted by molar-refractivity contribution is 0.0635. The highest BCUT2D eigenvalue weighted by molar-refractivity contribution is 7.91. The van der Waals surface area contributed by atoms with Crippen LogP contribution in [0.5, 0.6) is 0 Å². The highest BCUT2D eigenvalue weighted by Gasteiger charge is 2.29. The Labute approximate surface area is 163 Å². The number of carbonyl (C=O) groups excluding carboxylic acids is 1. The minimum Gasteiger partial charge on any atom is -0.329 e. The fraction of sp³-hybridized carbons (Fsp3) is 0.353. The number of halogens is 1. The van der Waals surface area contributed by atoms with Crippen molar-refractivity contribution in [1.82, 2.24) is 10.2 Å². The van der Waals surface area contributed by atoms with Crippen molar-refractivity contribution in [1.29, 1.82) is 0 Å². The highest BCUT2D eigenvalue weighted by atomic mass is 35.5. The molecule has 1 atom stereocenters. The van der Waals surface area contributed by atoms with Crippen molar-refractivity contribution in [3.05, 3.63) is 52.4 Å². The van der Waals surface area contributed by atoms with E-state index in [1.165, 1.54) is 11.6 Å². The number of nitrogens with one attached hydrogen (secondary N) is 1. The Morgan fingerprint density at radius 3 is 2.62 bits per heavy atom. The molecule has 0 bridgehead atoms. The van der Waals surface area contributed by atoms with Gasteiger partial charge in [-0.3, -0.25) is 4.79 Å². The van der Waals surface area contributed by atoms with Gasteiger partial charge in [0, 0.05) is 25.0 Å².